The standard InChI is InChI=1S/C15H24O5S2/c1-18-6-12-7-21-8-13(16)19-10-15(4-2-3-5-15)11-20-14(17)9-22-12/h12H,2-11H2,1H3. The van der Waals surface area contributed by atoms with Gasteiger partial charge in [0.15, 0.2) is 0 Å². The smallest absolute Gasteiger partial charge is 0.315 e. The van der Waals surface area contributed by atoms with Crippen LogP contribution in [0.25, 0.3) is 0 Å². The predicted molar refractivity (Wildman–Crippen MR) is 88.3 cm³/mol. The first kappa shape index (κ1) is 17.9. The number of methoxy groups -OCH3 is 1. The zero-order valence-corrected chi connectivity index (χ0v) is 14.6. The lowest BCUT2D eigenvalue weighted by Crippen LogP contribution is -2.32. The van der Waals surface area contributed by atoms with Gasteiger partial charge in [-0.3, -0.25) is 9.59 Å². The fourth-order valence-electron chi connectivity index (χ4n) is 2.80. The van der Waals surface area contributed by atoms with E-state index in [4.69, 9.17) is 14.2 Å². The molecule has 1 spiro atoms. The summed E-state index contributed by atoms with van der Waals surface area (Å²) >= 11 is 3.07. The molecule has 0 aromatic carbocycles. The molecule has 2 rings (SSSR count). The van der Waals surface area contributed by atoms with Gasteiger partial charge in [0.1, 0.15) is 13.2 Å². The van der Waals surface area contributed by atoms with Crippen molar-refractivity contribution in [2.45, 2.75) is 30.9 Å². The summed E-state index contributed by atoms with van der Waals surface area (Å²) in [4.78, 5) is 23.8. The molecule has 1 atom stereocenters. The molecule has 0 radical (unpaired) electrons. The Morgan fingerprint density at radius 3 is 2.41 bits per heavy atom. The summed E-state index contributed by atoms with van der Waals surface area (Å²) in [5.41, 5.74) is -0.166. The van der Waals surface area contributed by atoms with Gasteiger partial charge in [-0.05, 0) is 12.8 Å². The Kier molecular flexibility index (Phi) is 7.37. The lowest BCUT2D eigenvalue weighted by Gasteiger charge is -2.27. The topological polar surface area (TPSA) is 61.8 Å². The number of rotatable bonds is 2. The number of thioether (sulfide) groups is 2. The summed E-state index contributed by atoms with van der Waals surface area (Å²) in [5, 5.41) is 0.177. The Morgan fingerprint density at radius 1 is 1.14 bits per heavy atom. The first-order valence-electron chi connectivity index (χ1n) is 7.63. The number of ether oxygens (including phenoxy) is 3. The van der Waals surface area contributed by atoms with Crippen LogP contribution in [0.5, 0.6) is 0 Å². The quantitative estimate of drug-likeness (QED) is 0.708. The lowest BCUT2D eigenvalue weighted by molar-refractivity contribution is -0.150. The average Bonchev–Trinajstić information content (AvgIpc) is 2.97. The molecule has 2 aliphatic rings. The third kappa shape index (κ3) is 5.66. The van der Waals surface area contributed by atoms with Crippen molar-refractivity contribution in [3.63, 3.8) is 0 Å². The van der Waals surface area contributed by atoms with Crippen molar-refractivity contribution in [3.05, 3.63) is 0 Å². The molecule has 0 bridgehead atoms. The fraction of sp³-hybridized carbons (Fsp3) is 0.867. The number of esters is 2. The molecular weight excluding hydrogens is 324 g/mol. The van der Waals surface area contributed by atoms with Crippen molar-refractivity contribution >= 4 is 35.5 Å². The molecule has 0 aromatic heterocycles. The summed E-state index contributed by atoms with van der Waals surface area (Å²) in [5.74, 6) is 1.08. The fourth-order valence-corrected chi connectivity index (χ4v) is 4.88. The van der Waals surface area contributed by atoms with Crippen LogP contribution in [0.4, 0.5) is 0 Å². The van der Waals surface area contributed by atoms with E-state index >= 15 is 0 Å². The van der Waals surface area contributed by atoms with Crippen LogP contribution in [0.3, 0.4) is 0 Å². The monoisotopic (exact) mass is 348 g/mol. The van der Waals surface area contributed by atoms with Crippen molar-refractivity contribution in [2.75, 3.05) is 44.2 Å². The molecule has 0 amide bonds. The molecule has 22 heavy (non-hydrogen) atoms. The van der Waals surface area contributed by atoms with Gasteiger partial charge >= 0.3 is 11.9 Å². The highest BCUT2D eigenvalue weighted by molar-refractivity contribution is 8.04. The number of cyclic esters (lactones) is 2. The van der Waals surface area contributed by atoms with Crippen LogP contribution < -0.4 is 0 Å². The number of hydrogen-bond donors (Lipinski definition) is 0. The molecule has 1 saturated heterocycles. The Morgan fingerprint density at radius 2 is 1.77 bits per heavy atom. The van der Waals surface area contributed by atoms with Gasteiger partial charge in [-0.25, -0.2) is 0 Å². The van der Waals surface area contributed by atoms with E-state index in [1.54, 1.807) is 7.11 Å². The summed E-state index contributed by atoms with van der Waals surface area (Å²) in [6, 6.07) is 0. The first-order valence-corrected chi connectivity index (χ1v) is 9.83. The van der Waals surface area contributed by atoms with E-state index in [1.807, 2.05) is 0 Å². The second-order valence-electron chi connectivity index (χ2n) is 5.93. The zero-order chi connectivity index (χ0) is 15.8. The SMILES string of the molecule is COCC1CSCC(=O)OCC2(CCCC2)COC(=O)CS1. The maximum Gasteiger partial charge on any atom is 0.315 e. The van der Waals surface area contributed by atoms with E-state index in [-0.39, 0.29) is 22.6 Å². The lowest BCUT2D eigenvalue weighted by atomic mass is 9.88. The summed E-state index contributed by atoms with van der Waals surface area (Å²) < 4.78 is 16.1. The van der Waals surface area contributed by atoms with Gasteiger partial charge in [0.2, 0.25) is 0 Å². The molecule has 1 aliphatic carbocycles. The highest BCUT2D eigenvalue weighted by Crippen LogP contribution is 2.39. The Labute approximate surface area is 140 Å². The van der Waals surface area contributed by atoms with Crippen molar-refractivity contribution in [2.24, 2.45) is 5.41 Å². The van der Waals surface area contributed by atoms with Gasteiger partial charge < -0.3 is 14.2 Å². The first-order chi connectivity index (χ1) is 10.6. The van der Waals surface area contributed by atoms with Gasteiger partial charge in [0.25, 0.3) is 0 Å². The molecular formula is C15H24O5S2. The molecule has 1 saturated carbocycles. The van der Waals surface area contributed by atoms with Gasteiger partial charge in [0.05, 0.1) is 18.1 Å². The number of carbonyl (C=O) groups excluding carboxylic acids is 2. The Bertz CT molecular complexity index is 382. The average molecular weight is 348 g/mol. The maximum atomic E-state index is 11.9. The van der Waals surface area contributed by atoms with E-state index in [0.717, 1.165) is 31.4 Å². The van der Waals surface area contributed by atoms with E-state index in [0.29, 0.717) is 31.3 Å². The van der Waals surface area contributed by atoms with Crippen LogP contribution in [0, 0.1) is 5.41 Å². The summed E-state index contributed by atoms with van der Waals surface area (Å²) in [6.07, 6.45) is 4.13. The minimum atomic E-state index is -0.187. The van der Waals surface area contributed by atoms with E-state index in [2.05, 4.69) is 0 Å². The maximum absolute atomic E-state index is 11.9. The van der Waals surface area contributed by atoms with Crippen LogP contribution in [0.15, 0.2) is 0 Å². The van der Waals surface area contributed by atoms with Crippen LogP contribution in [0.1, 0.15) is 25.7 Å². The highest BCUT2D eigenvalue weighted by Gasteiger charge is 2.37. The Balaban J connectivity index is 1.96. The molecule has 1 heterocycles. The normalized spacial score (nSPS) is 27.4. The second kappa shape index (κ2) is 9.03. The van der Waals surface area contributed by atoms with E-state index < -0.39 is 0 Å². The molecule has 1 unspecified atom stereocenters. The van der Waals surface area contributed by atoms with Crippen molar-refractivity contribution < 1.29 is 23.8 Å². The third-order valence-corrected chi connectivity index (χ3v) is 6.52. The second-order valence-corrected chi connectivity index (χ2v) is 8.25. The predicted octanol–water partition coefficient (Wildman–Crippen LogP) is 2.13. The van der Waals surface area contributed by atoms with Crippen molar-refractivity contribution in [1.82, 2.24) is 0 Å². The largest absolute Gasteiger partial charge is 0.464 e. The molecule has 5 nitrogen and oxygen atoms in total. The molecule has 1 aliphatic heterocycles. The third-order valence-electron chi connectivity index (χ3n) is 4.06. The van der Waals surface area contributed by atoms with Crippen molar-refractivity contribution in [1.29, 1.82) is 0 Å². The molecule has 126 valence electrons. The molecule has 2 fully saturated rings. The minimum absolute atomic E-state index is 0.166. The van der Waals surface area contributed by atoms with Crippen LogP contribution in [0.2, 0.25) is 0 Å². The van der Waals surface area contributed by atoms with Gasteiger partial charge in [-0.2, -0.15) is 0 Å². The van der Waals surface area contributed by atoms with E-state index in [9.17, 15) is 9.59 Å². The van der Waals surface area contributed by atoms with Crippen LogP contribution in [-0.4, -0.2) is 61.4 Å². The zero-order valence-electron chi connectivity index (χ0n) is 13.0. The Hall–Kier alpha value is -0.400. The van der Waals surface area contributed by atoms with Crippen LogP contribution in [-0.2, 0) is 23.8 Å². The summed E-state index contributed by atoms with van der Waals surface area (Å²) in [7, 11) is 1.64. The van der Waals surface area contributed by atoms with E-state index in [1.165, 1.54) is 23.5 Å². The summed E-state index contributed by atoms with van der Waals surface area (Å²) in [6.45, 7) is 1.29. The van der Waals surface area contributed by atoms with Crippen LogP contribution >= 0.6 is 23.5 Å². The highest BCUT2D eigenvalue weighted by atomic mass is 32.2. The van der Waals surface area contributed by atoms with Gasteiger partial charge in [0, 0.05) is 23.5 Å². The molecule has 0 aromatic rings. The minimum Gasteiger partial charge on any atom is -0.464 e. The molecule has 7 heteroatoms. The molecule has 0 N–H and O–H groups in total. The van der Waals surface area contributed by atoms with Gasteiger partial charge in [-0.15, -0.1) is 23.5 Å². The number of carbonyl (C=O) groups is 2. The van der Waals surface area contributed by atoms with Crippen molar-refractivity contribution in [3.8, 4) is 0 Å². The number of hydrogen-bond acceptors (Lipinski definition) is 7. The van der Waals surface area contributed by atoms with Gasteiger partial charge in [-0.1, -0.05) is 12.8 Å².